The second-order valence-corrected chi connectivity index (χ2v) is 9.79. The summed E-state index contributed by atoms with van der Waals surface area (Å²) in [4.78, 5) is 12.5. The van der Waals surface area contributed by atoms with Crippen LogP contribution in [0, 0.1) is 20.8 Å². The summed E-state index contributed by atoms with van der Waals surface area (Å²) in [6.07, 6.45) is 0. The Kier molecular flexibility index (Phi) is 7.09. The summed E-state index contributed by atoms with van der Waals surface area (Å²) in [6, 6.07) is 6.24. The molecule has 0 saturated heterocycles. The number of aromatic nitrogens is 5. The van der Waals surface area contributed by atoms with Crippen LogP contribution in [0.5, 0.6) is 5.75 Å². The van der Waals surface area contributed by atoms with Gasteiger partial charge in [-0.3, -0.25) is 10.1 Å². The number of hydrogen-bond acceptors (Lipinski definition) is 8. The van der Waals surface area contributed by atoms with E-state index in [-0.39, 0.29) is 17.2 Å². The van der Waals surface area contributed by atoms with Crippen LogP contribution < -0.4 is 10.1 Å². The Morgan fingerprint density at radius 1 is 1.17 bits per heavy atom. The zero-order valence-corrected chi connectivity index (χ0v) is 19.6. The highest BCUT2D eigenvalue weighted by Gasteiger charge is 2.22. The molecule has 1 atom stereocenters. The molecule has 1 aromatic carbocycles. The maximum atomic E-state index is 12.5. The number of rotatable bonds is 8. The van der Waals surface area contributed by atoms with Crippen molar-refractivity contribution in [2.45, 2.75) is 64.6 Å². The molecular formula is C20H26N6O2S2. The fourth-order valence-corrected chi connectivity index (χ4v) is 4.37. The molecule has 0 fully saturated rings. The molecule has 0 aliphatic rings. The molecule has 2 heterocycles. The summed E-state index contributed by atoms with van der Waals surface area (Å²) in [5, 5.41) is 20.9. The van der Waals surface area contributed by atoms with Crippen LogP contribution in [0.25, 0.3) is 0 Å². The largest absolute Gasteiger partial charge is 0.485 e. The van der Waals surface area contributed by atoms with Gasteiger partial charge in [-0.1, -0.05) is 35.2 Å². The van der Waals surface area contributed by atoms with E-state index < -0.39 is 0 Å². The fraction of sp³-hybridized carbons (Fsp3) is 0.450. The summed E-state index contributed by atoms with van der Waals surface area (Å²) in [7, 11) is 0. The molecular weight excluding hydrogens is 420 g/mol. The van der Waals surface area contributed by atoms with E-state index in [0.29, 0.717) is 16.9 Å². The minimum Gasteiger partial charge on any atom is -0.485 e. The van der Waals surface area contributed by atoms with Gasteiger partial charge < -0.3 is 9.30 Å². The Bertz CT molecular complexity index is 1030. The number of ether oxygens (including phenoxy) is 1. The summed E-state index contributed by atoms with van der Waals surface area (Å²) >= 11 is 2.70. The minimum atomic E-state index is -0.372. The predicted octanol–water partition coefficient (Wildman–Crippen LogP) is 4.33. The standard InChI is InChI=1S/C20H26N6O2S2/c1-11(2)26-17(10-28-16-9-12(3)7-8-13(16)4)23-25-20(26)29-14(5)18(27)21-19-24-22-15(6)30-19/h7-9,11,14H,10H2,1-6H3,(H,21,24,27)/t14-/m0/s1. The number of anilines is 1. The van der Waals surface area contributed by atoms with Gasteiger partial charge in [0.2, 0.25) is 11.0 Å². The molecule has 1 N–H and O–H groups in total. The second-order valence-electron chi connectivity index (χ2n) is 7.30. The number of nitrogens with one attached hydrogen (secondary N) is 1. The normalized spacial score (nSPS) is 12.2. The highest BCUT2D eigenvalue weighted by atomic mass is 32.2. The second kappa shape index (κ2) is 9.57. The molecule has 0 aliphatic heterocycles. The first-order valence-electron chi connectivity index (χ1n) is 9.66. The van der Waals surface area contributed by atoms with E-state index in [4.69, 9.17) is 4.74 Å². The Labute approximate surface area is 184 Å². The van der Waals surface area contributed by atoms with Gasteiger partial charge >= 0.3 is 0 Å². The number of carbonyl (C=O) groups is 1. The van der Waals surface area contributed by atoms with Gasteiger partial charge in [0.1, 0.15) is 17.4 Å². The quantitative estimate of drug-likeness (QED) is 0.515. The van der Waals surface area contributed by atoms with Crippen LogP contribution >= 0.6 is 23.1 Å². The first-order valence-corrected chi connectivity index (χ1v) is 11.4. The van der Waals surface area contributed by atoms with Gasteiger partial charge in [-0.15, -0.1) is 20.4 Å². The van der Waals surface area contributed by atoms with Crippen molar-refractivity contribution in [1.29, 1.82) is 0 Å². The molecule has 0 unspecified atom stereocenters. The number of hydrogen-bond donors (Lipinski definition) is 1. The highest BCUT2D eigenvalue weighted by molar-refractivity contribution is 8.00. The molecule has 0 radical (unpaired) electrons. The lowest BCUT2D eigenvalue weighted by Crippen LogP contribution is -2.23. The molecule has 3 aromatic rings. The SMILES string of the molecule is Cc1ccc(C)c(OCc2nnc(S[C@@H](C)C(=O)Nc3nnc(C)s3)n2C(C)C)c1. The Morgan fingerprint density at radius 2 is 1.93 bits per heavy atom. The Balaban J connectivity index is 1.70. The predicted molar refractivity (Wildman–Crippen MR) is 119 cm³/mol. The topological polar surface area (TPSA) is 94.8 Å². The average Bonchev–Trinajstić information content (AvgIpc) is 3.28. The third-order valence-electron chi connectivity index (χ3n) is 4.36. The van der Waals surface area contributed by atoms with Crippen molar-refractivity contribution in [3.8, 4) is 5.75 Å². The molecule has 3 rings (SSSR count). The summed E-state index contributed by atoms with van der Waals surface area (Å²) in [5.74, 6) is 1.41. The van der Waals surface area contributed by atoms with Gasteiger partial charge in [-0.05, 0) is 58.7 Å². The molecule has 0 aliphatic carbocycles. The molecule has 2 aromatic heterocycles. The highest BCUT2D eigenvalue weighted by Crippen LogP contribution is 2.28. The number of nitrogens with zero attached hydrogens (tertiary/aromatic N) is 5. The first kappa shape index (κ1) is 22.2. The molecule has 0 bridgehead atoms. The monoisotopic (exact) mass is 446 g/mol. The van der Waals surface area contributed by atoms with Crippen LogP contribution in [0.1, 0.15) is 48.8 Å². The lowest BCUT2D eigenvalue weighted by molar-refractivity contribution is -0.115. The maximum Gasteiger partial charge on any atom is 0.239 e. The minimum absolute atomic E-state index is 0.126. The molecule has 30 heavy (non-hydrogen) atoms. The van der Waals surface area contributed by atoms with Crippen molar-refractivity contribution in [3.05, 3.63) is 40.2 Å². The lowest BCUT2D eigenvalue weighted by Gasteiger charge is -2.16. The van der Waals surface area contributed by atoms with Crippen LogP contribution in [0.15, 0.2) is 23.4 Å². The number of thioether (sulfide) groups is 1. The van der Waals surface area contributed by atoms with E-state index in [2.05, 4.69) is 45.6 Å². The van der Waals surface area contributed by atoms with Crippen LogP contribution in [-0.4, -0.2) is 36.1 Å². The van der Waals surface area contributed by atoms with Crippen molar-refractivity contribution in [2.75, 3.05) is 5.32 Å². The molecule has 0 spiro atoms. The fourth-order valence-electron chi connectivity index (χ4n) is 2.78. The molecule has 8 nitrogen and oxygen atoms in total. The first-order chi connectivity index (χ1) is 14.2. The van der Waals surface area contributed by atoms with Crippen LogP contribution in [-0.2, 0) is 11.4 Å². The van der Waals surface area contributed by atoms with E-state index in [1.165, 1.54) is 23.1 Å². The van der Waals surface area contributed by atoms with Crippen LogP contribution in [0.4, 0.5) is 5.13 Å². The zero-order valence-electron chi connectivity index (χ0n) is 18.0. The summed E-state index contributed by atoms with van der Waals surface area (Å²) in [5.41, 5.74) is 2.21. The van der Waals surface area contributed by atoms with Crippen molar-refractivity contribution < 1.29 is 9.53 Å². The average molecular weight is 447 g/mol. The van der Waals surface area contributed by atoms with E-state index in [0.717, 1.165) is 27.7 Å². The van der Waals surface area contributed by atoms with Crippen molar-refractivity contribution >= 4 is 34.1 Å². The molecule has 160 valence electrons. The Morgan fingerprint density at radius 3 is 2.60 bits per heavy atom. The van der Waals surface area contributed by atoms with Gasteiger partial charge in [-0.2, -0.15) is 0 Å². The Hall–Kier alpha value is -2.46. The van der Waals surface area contributed by atoms with Crippen molar-refractivity contribution in [2.24, 2.45) is 0 Å². The molecule has 10 heteroatoms. The van der Waals surface area contributed by atoms with E-state index >= 15 is 0 Å². The van der Waals surface area contributed by atoms with E-state index in [1.54, 1.807) is 0 Å². The van der Waals surface area contributed by atoms with Crippen molar-refractivity contribution in [1.82, 2.24) is 25.0 Å². The van der Waals surface area contributed by atoms with Gasteiger partial charge in [0, 0.05) is 6.04 Å². The molecule has 0 saturated carbocycles. The van der Waals surface area contributed by atoms with Gasteiger partial charge in [0.15, 0.2) is 11.0 Å². The van der Waals surface area contributed by atoms with Crippen LogP contribution in [0.2, 0.25) is 0 Å². The molecule has 1 amide bonds. The van der Waals surface area contributed by atoms with Crippen LogP contribution in [0.3, 0.4) is 0 Å². The maximum absolute atomic E-state index is 12.5. The van der Waals surface area contributed by atoms with E-state index in [9.17, 15) is 4.79 Å². The number of carbonyl (C=O) groups excluding carboxylic acids is 1. The zero-order chi connectivity index (χ0) is 21.8. The number of benzene rings is 1. The van der Waals surface area contributed by atoms with Gasteiger partial charge in [0.05, 0.1) is 5.25 Å². The van der Waals surface area contributed by atoms with Gasteiger partial charge in [-0.25, -0.2) is 0 Å². The smallest absolute Gasteiger partial charge is 0.239 e. The number of amides is 1. The van der Waals surface area contributed by atoms with Crippen molar-refractivity contribution in [3.63, 3.8) is 0 Å². The third-order valence-corrected chi connectivity index (χ3v) is 6.17. The van der Waals surface area contributed by atoms with Gasteiger partial charge in [0.25, 0.3) is 0 Å². The number of aryl methyl sites for hydroxylation is 3. The van der Waals surface area contributed by atoms with E-state index in [1.807, 2.05) is 44.4 Å². The summed E-state index contributed by atoms with van der Waals surface area (Å²) in [6.45, 7) is 12.2. The summed E-state index contributed by atoms with van der Waals surface area (Å²) < 4.78 is 8.02. The lowest BCUT2D eigenvalue weighted by atomic mass is 10.1. The third kappa shape index (κ3) is 5.37.